The molecule has 1 aromatic rings. The number of alkyl halides is 1. The van der Waals surface area contributed by atoms with E-state index in [1.165, 1.54) is 6.07 Å². The van der Waals surface area contributed by atoms with Crippen molar-refractivity contribution < 1.29 is 8.78 Å². The molecule has 0 aliphatic carbocycles. The number of benzene rings is 1. The van der Waals surface area contributed by atoms with Gasteiger partial charge in [-0.3, -0.25) is 0 Å². The van der Waals surface area contributed by atoms with Gasteiger partial charge in [0, 0.05) is 23.0 Å². The van der Waals surface area contributed by atoms with Gasteiger partial charge in [0.15, 0.2) is 0 Å². The summed E-state index contributed by atoms with van der Waals surface area (Å²) in [5, 5.41) is 2.81. The summed E-state index contributed by atoms with van der Waals surface area (Å²) >= 11 is 8.49. The van der Waals surface area contributed by atoms with Crippen LogP contribution in [-0.2, 0) is 0 Å². The molecule has 0 bridgehead atoms. The van der Waals surface area contributed by atoms with Gasteiger partial charge in [0.25, 0.3) is 0 Å². The minimum absolute atomic E-state index is 0.246. The van der Waals surface area contributed by atoms with E-state index in [1.807, 2.05) is 0 Å². The zero-order chi connectivity index (χ0) is 11.3. The number of halogens is 4. The van der Waals surface area contributed by atoms with E-state index in [-0.39, 0.29) is 5.69 Å². The Morgan fingerprint density at radius 2 is 2.07 bits per heavy atom. The maximum absolute atomic E-state index is 13.2. The highest BCUT2D eigenvalue weighted by Gasteiger charge is 2.07. The van der Waals surface area contributed by atoms with Gasteiger partial charge in [-0.15, -0.1) is 11.6 Å². The lowest BCUT2D eigenvalue weighted by atomic mass is 10.3. The molecule has 1 rings (SSSR count). The van der Waals surface area contributed by atoms with Crippen molar-refractivity contribution in [2.75, 3.05) is 17.7 Å². The minimum Gasteiger partial charge on any atom is -0.378 e. The summed E-state index contributed by atoms with van der Waals surface area (Å²) in [6, 6.07) is 2.04. The van der Waals surface area contributed by atoms with Crippen LogP contribution >= 0.6 is 27.5 Å². The first-order valence-corrected chi connectivity index (χ1v) is 5.57. The quantitative estimate of drug-likeness (QED) is 0.655. The highest BCUT2D eigenvalue weighted by Crippen LogP contribution is 2.26. The number of allylic oxidation sites excluding steroid dienone is 1. The van der Waals surface area contributed by atoms with E-state index in [0.717, 1.165) is 6.07 Å². The molecule has 15 heavy (non-hydrogen) atoms. The third-order valence-corrected chi connectivity index (χ3v) is 2.46. The molecule has 1 nitrogen and oxygen atoms in total. The Bertz CT molecular complexity index is 345. The van der Waals surface area contributed by atoms with Crippen LogP contribution in [0.3, 0.4) is 0 Å². The predicted molar refractivity (Wildman–Crippen MR) is 62.4 cm³/mol. The van der Waals surface area contributed by atoms with E-state index in [0.29, 0.717) is 16.9 Å². The number of rotatable bonds is 4. The van der Waals surface area contributed by atoms with Gasteiger partial charge in [-0.2, -0.15) is 0 Å². The molecule has 0 unspecified atom stereocenters. The molecule has 0 heterocycles. The van der Waals surface area contributed by atoms with E-state index < -0.39 is 11.6 Å². The summed E-state index contributed by atoms with van der Waals surface area (Å²) in [4.78, 5) is 0. The van der Waals surface area contributed by atoms with Crippen molar-refractivity contribution >= 4 is 33.2 Å². The van der Waals surface area contributed by atoms with E-state index in [1.54, 1.807) is 12.2 Å². The highest BCUT2D eigenvalue weighted by molar-refractivity contribution is 9.10. The minimum atomic E-state index is -0.624. The second-order valence-electron chi connectivity index (χ2n) is 2.75. The fraction of sp³-hybridized carbons (Fsp3) is 0.200. The monoisotopic (exact) mass is 295 g/mol. The maximum Gasteiger partial charge on any atom is 0.150 e. The Labute approximate surface area is 100 Å². The first-order chi connectivity index (χ1) is 7.15. The lowest BCUT2D eigenvalue weighted by Gasteiger charge is -2.07. The topological polar surface area (TPSA) is 12.0 Å². The summed E-state index contributed by atoms with van der Waals surface area (Å²) in [7, 11) is 0. The Morgan fingerprint density at radius 1 is 1.33 bits per heavy atom. The maximum atomic E-state index is 13.2. The Morgan fingerprint density at radius 3 is 2.67 bits per heavy atom. The Kier molecular flexibility index (Phi) is 5.05. The van der Waals surface area contributed by atoms with Crippen molar-refractivity contribution in [3.8, 4) is 0 Å². The molecule has 0 spiro atoms. The number of hydrogen-bond acceptors (Lipinski definition) is 1. The second kappa shape index (κ2) is 6.08. The van der Waals surface area contributed by atoms with Crippen LogP contribution in [0.1, 0.15) is 0 Å². The SMILES string of the molecule is Fc1cc(F)c(NC/C=C/CCl)c(Br)c1. The Balaban J connectivity index is 2.72. The first-order valence-electron chi connectivity index (χ1n) is 4.24. The van der Waals surface area contributed by atoms with Gasteiger partial charge in [-0.1, -0.05) is 12.2 Å². The molecule has 0 fully saturated rings. The normalized spacial score (nSPS) is 10.9. The number of hydrogen-bond donors (Lipinski definition) is 1. The molecule has 1 aromatic carbocycles. The molecule has 82 valence electrons. The number of nitrogens with one attached hydrogen (secondary N) is 1. The third-order valence-electron chi connectivity index (χ3n) is 1.66. The summed E-state index contributed by atoms with van der Waals surface area (Å²) in [6.07, 6.45) is 3.51. The first kappa shape index (κ1) is 12.5. The smallest absolute Gasteiger partial charge is 0.150 e. The van der Waals surface area contributed by atoms with Crippen LogP contribution < -0.4 is 5.32 Å². The van der Waals surface area contributed by atoms with Crippen molar-refractivity contribution in [3.05, 3.63) is 40.4 Å². The van der Waals surface area contributed by atoms with Crippen molar-refractivity contribution in [2.24, 2.45) is 0 Å². The van der Waals surface area contributed by atoms with Gasteiger partial charge in [-0.25, -0.2) is 8.78 Å². The standard InChI is InChI=1S/C10H9BrClF2N/c11-8-5-7(13)6-9(14)10(8)15-4-2-1-3-12/h1-2,5-6,15H,3-4H2/b2-1+. The fourth-order valence-corrected chi connectivity index (χ4v) is 1.69. The average molecular weight is 297 g/mol. The van der Waals surface area contributed by atoms with Crippen LogP contribution in [0.5, 0.6) is 0 Å². The summed E-state index contributed by atoms with van der Waals surface area (Å²) in [6.45, 7) is 0.438. The summed E-state index contributed by atoms with van der Waals surface area (Å²) in [5.74, 6) is -0.822. The molecule has 0 saturated heterocycles. The predicted octanol–water partition coefficient (Wildman–Crippen LogP) is 3.93. The van der Waals surface area contributed by atoms with Gasteiger partial charge in [-0.05, 0) is 22.0 Å². The van der Waals surface area contributed by atoms with Crippen molar-refractivity contribution in [1.82, 2.24) is 0 Å². The van der Waals surface area contributed by atoms with E-state index in [2.05, 4.69) is 21.2 Å². The zero-order valence-electron chi connectivity index (χ0n) is 7.74. The van der Waals surface area contributed by atoms with E-state index in [9.17, 15) is 8.78 Å². The van der Waals surface area contributed by atoms with Gasteiger partial charge < -0.3 is 5.32 Å². The average Bonchev–Trinajstić information content (AvgIpc) is 2.15. The van der Waals surface area contributed by atoms with Gasteiger partial charge >= 0.3 is 0 Å². The molecule has 0 aliphatic heterocycles. The van der Waals surface area contributed by atoms with E-state index in [4.69, 9.17) is 11.6 Å². The molecule has 5 heteroatoms. The van der Waals surface area contributed by atoms with Gasteiger partial charge in [0.05, 0.1) is 5.69 Å². The number of anilines is 1. The van der Waals surface area contributed by atoms with Crippen molar-refractivity contribution in [2.45, 2.75) is 0 Å². The van der Waals surface area contributed by atoms with Crippen LogP contribution in [0.2, 0.25) is 0 Å². The summed E-state index contributed by atoms with van der Waals surface area (Å²) < 4.78 is 26.3. The van der Waals surface area contributed by atoms with Crippen LogP contribution in [0.15, 0.2) is 28.8 Å². The third kappa shape index (κ3) is 3.80. The second-order valence-corrected chi connectivity index (χ2v) is 3.91. The molecule has 0 radical (unpaired) electrons. The van der Waals surface area contributed by atoms with Crippen LogP contribution in [0, 0.1) is 11.6 Å². The van der Waals surface area contributed by atoms with Crippen LogP contribution in [0.4, 0.5) is 14.5 Å². The van der Waals surface area contributed by atoms with Gasteiger partial charge in [0.1, 0.15) is 11.6 Å². The molecule has 1 N–H and O–H groups in total. The molecular formula is C10H9BrClF2N. The van der Waals surface area contributed by atoms with Crippen LogP contribution in [-0.4, -0.2) is 12.4 Å². The summed E-state index contributed by atoms with van der Waals surface area (Å²) in [5.41, 5.74) is 0.246. The molecule has 0 atom stereocenters. The fourth-order valence-electron chi connectivity index (χ4n) is 1.02. The molecular weight excluding hydrogens is 287 g/mol. The largest absolute Gasteiger partial charge is 0.378 e. The van der Waals surface area contributed by atoms with Crippen LogP contribution in [0.25, 0.3) is 0 Å². The lowest BCUT2D eigenvalue weighted by Crippen LogP contribution is -2.02. The molecule has 0 aromatic heterocycles. The molecule has 0 amide bonds. The molecule has 0 saturated carbocycles. The lowest BCUT2D eigenvalue weighted by molar-refractivity contribution is 0.584. The van der Waals surface area contributed by atoms with E-state index >= 15 is 0 Å². The van der Waals surface area contributed by atoms with Gasteiger partial charge in [0.2, 0.25) is 0 Å². The Hall–Kier alpha value is -0.610. The van der Waals surface area contributed by atoms with Crippen molar-refractivity contribution in [1.29, 1.82) is 0 Å². The molecule has 0 aliphatic rings. The highest BCUT2D eigenvalue weighted by atomic mass is 79.9. The zero-order valence-corrected chi connectivity index (χ0v) is 10.1. The van der Waals surface area contributed by atoms with Crippen molar-refractivity contribution in [3.63, 3.8) is 0 Å².